The van der Waals surface area contributed by atoms with Gasteiger partial charge in [0.2, 0.25) is 0 Å². The Morgan fingerprint density at radius 1 is 1.21 bits per heavy atom. The van der Waals surface area contributed by atoms with Crippen LogP contribution in [-0.2, 0) is 10.0 Å². The normalized spacial score (nSPS) is 11.3. The number of benzene rings is 1. The van der Waals surface area contributed by atoms with Gasteiger partial charge in [-0.25, -0.2) is 22.2 Å². The van der Waals surface area contributed by atoms with E-state index in [1.807, 2.05) is 0 Å². The Morgan fingerprint density at radius 3 is 2.63 bits per heavy atom. The second kappa shape index (κ2) is 5.22. The van der Waals surface area contributed by atoms with Crippen molar-refractivity contribution >= 4 is 31.6 Å². The van der Waals surface area contributed by atoms with E-state index in [-0.39, 0.29) is 10.3 Å². The van der Waals surface area contributed by atoms with Crippen LogP contribution in [0.1, 0.15) is 0 Å². The molecular formula is C11H7BrF2N2O2S. The molecule has 2 aromatic rings. The van der Waals surface area contributed by atoms with E-state index < -0.39 is 26.6 Å². The molecule has 1 heterocycles. The van der Waals surface area contributed by atoms with Crippen molar-refractivity contribution in [2.75, 3.05) is 4.72 Å². The maximum absolute atomic E-state index is 13.5. The van der Waals surface area contributed by atoms with Gasteiger partial charge in [0.25, 0.3) is 10.0 Å². The van der Waals surface area contributed by atoms with Gasteiger partial charge in [0.15, 0.2) is 0 Å². The van der Waals surface area contributed by atoms with E-state index in [9.17, 15) is 17.2 Å². The van der Waals surface area contributed by atoms with Gasteiger partial charge in [0, 0.05) is 6.20 Å². The van der Waals surface area contributed by atoms with Crippen molar-refractivity contribution in [2.45, 2.75) is 4.90 Å². The Balaban J connectivity index is 2.44. The first-order valence-corrected chi connectivity index (χ1v) is 7.26. The predicted octanol–water partition coefficient (Wildman–Crippen LogP) is 2.92. The third kappa shape index (κ3) is 3.07. The zero-order chi connectivity index (χ0) is 14.0. The van der Waals surface area contributed by atoms with E-state index in [1.165, 1.54) is 18.3 Å². The Morgan fingerprint density at radius 2 is 1.95 bits per heavy atom. The number of halogens is 3. The van der Waals surface area contributed by atoms with Gasteiger partial charge in [-0.15, -0.1) is 0 Å². The number of pyridine rings is 1. The van der Waals surface area contributed by atoms with Gasteiger partial charge in [-0.1, -0.05) is 0 Å². The third-order valence-electron chi connectivity index (χ3n) is 2.19. The highest BCUT2D eigenvalue weighted by molar-refractivity contribution is 9.10. The molecule has 0 saturated carbocycles. The molecule has 0 aliphatic rings. The minimum atomic E-state index is -4.22. The lowest BCUT2D eigenvalue weighted by Gasteiger charge is -2.09. The summed E-state index contributed by atoms with van der Waals surface area (Å²) in [6.45, 7) is 0. The second-order valence-corrected chi connectivity index (χ2v) is 5.92. The smallest absolute Gasteiger partial charge is 0.265 e. The second-order valence-electron chi connectivity index (χ2n) is 3.52. The van der Waals surface area contributed by atoms with Gasteiger partial charge in [0.1, 0.15) is 21.1 Å². The molecule has 1 N–H and O–H groups in total. The van der Waals surface area contributed by atoms with Gasteiger partial charge >= 0.3 is 0 Å². The summed E-state index contributed by atoms with van der Waals surface area (Å²) in [5.74, 6) is -1.87. The Labute approximate surface area is 116 Å². The summed E-state index contributed by atoms with van der Waals surface area (Å²) in [5, 5.41) is 0. The SMILES string of the molecule is O=S(=O)(Nc1cccnc1Br)c1cc(F)ccc1F. The van der Waals surface area contributed by atoms with Crippen LogP contribution in [0.25, 0.3) is 0 Å². The summed E-state index contributed by atoms with van der Waals surface area (Å²) in [4.78, 5) is 3.06. The summed E-state index contributed by atoms with van der Waals surface area (Å²) in [7, 11) is -4.22. The van der Waals surface area contributed by atoms with Crippen LogP contribution in [0, 0.1) is 11.6 Å². The van der Waals surface area contributed by atoms with Crippen LogP contribution in [0.5, 0.6) is 0 Å². The molecule has 0 radical (unpaired) electrons. The molecule has 1 aromatic carbocycles. The number of hydrogen-bond acceptors (Lipinski definition) is 3. The maximum atomic E-state index is 13.5. The molecule has 0 aliphatic carbocycles. The van der Waals surface area contributed by atoms with E-state index in [4.69, 9.17) is 0 Å². The summed E-state index contributed by atoms with van der Waals surface area (Å²) >= 11 is 3.05. The van der Waals surface area contributed by atoms with Gasteiger partial charge in [-0.2, -0.15) is 0 Å². The minimum Gasteiger partial charge on any atom is -0.277 e. The first-order chi connectivity index (χ1) is 8.90. The highest BCUT2D eigenvalue weighted by Gasteiger charge is 2.21. The molecule has 0 spiro atoms. The molecule has 0 amide bonds. The fourth-order valence-corrected chi connectivity index (χ4v) is 2.98. The molecular weight excluding hydrogens is 342 g/mol. The van der Waals surface area contributed by atoms with Crippen LogP contribution in [0.4, 0.5) is 14.5 Å². The highest BCUT2D eigenvalue weighted by Crippen LogP contribution is 2.24. The monoisotopic (exact) mass is 348 g/mol. The molecule has 0 fully saturated rings. The first kappa shape index (κ1) is 13.9. The quantitative estimate of drug-likeness (QED) is 0.867. The van der Waals surface area contributed by atoms with Crippen LogP contribution in [0.15, 0.2) is 46.0 Å². The zero-order valence-electron chi connectivity index (χ0n) is 9.27. The van der Waals surface area contributed by atoms with Crippen LogP contribution < -0.4 is 4.72 Å². The zero-order valence-corrected chi connectivity index (χ0v) is 11.7. The lowest BCUT2D eigenvalue weighted by atomic mass is 10.3. The van der Waals surface area contributed by atoms with E-state index in [1.54, 1.807) is 0 Å². The molecule has 1 aromatic heterocycles. The van der Waals surface area contributed by atoms with Gasteiger partial charge < -0.3 is 0 Å². The van der Waals surface area contributed by atoms with Gasteiger partial charge in [-0.05, 0) is 46.3 Å². The average molecular weight is 349 g/mol. The van der Waals surface area contributed by atoms with Crippen LogP contribution in [-0.4, -0.2) is 13.4 Å². The molecule has 4 nitrogen and oxygen atoms in total. The number of sulfonamides is 1. The molecule has 100 valence electrons. The number of nitrogens with zero attached hydrogens (tertiary/aromatic N) is 1. The van der Waals surface area contributed by atoms with Crippen LogP contribution >= 0.6 is 15.9 Å². The lowest BCUT2D eigenvalue weighted by molar-refractivity contribution is 0.555. The topological polar surface area (TPSA) is 59.1 Å². The van der Waals surface area contributed by atoms with Crippen molar-refractivity contribution < 1.29 is 17.2 Å². The van der Waals surface area contributed by atoms with Crippen molar-refractivity contribution in [1.82, 2.24) is 4.98 Å². The Bertz CT molecular complexity index is 722. The summed E-state index contributed by atoms with van der Waals surface area (Å²) in [5.41, 5.74) is 0.131. The molecule has 2 rings (SSSR count). The van der Waals surface area contributed by atoms with Crippen molar-refractivity contribution in [3.05, 3.63) is 52.8 Å². The van der Waals surface area contributed by atoms with Crippen LogP contribution in [0.2, 0.25) is 0 Å². The Kier molecular flexibility index (Phi) is 3.81. The van der Waals surface area contributed by atoms with E-state index in [0.717, 1.165) is 12.1 Å². The van der Waals surface area contributed by atoms with Crippen molar-refractivity contribution in [2.24, 2.45) is 0 Å². The van der Waals surface area contributed by atoms with Gasteiger partial charge in [-0.3, -0.25) is 4.72 Å². The summed E-state index contributed by atoms with van der Waals surface area (Å²) < 4.78 is 52.8. The number of nitrogens with one attached hydrogen (secondary N) is 1. The highest BCUT2D eigenvalue weighted by atomic mass is 79.9. The molecule has 8 heteroatoms. The van der Waals surface area contributed by atoms with Crippen molar-refractivity contribution in [1.29, 1.82) is 0 Å². The minimum absolute atomic E-state index is 0.131. The molecule has 0 bridgehead atoms. The number of aromatic nitrogens is 1. The average Bonchev–Trinajstić information content (AvgIpc) is 2.35. The van der Waals surface area contributed by atoms with E-state index in [0.29, 0.717) is 6.07 Å². The van der Waals surface area contributed by atoms with Gasteiger partial charge in [0.05, 0.1) is 5.69 Å². The number of anilines is 1. The third-order valence-corrected chi connectivity index (χ3v) is 4.20. The number of rotatable bonds is 3. The maximum Gasteiger partial charge on any atom is 0.265 e. The standard InChI is InChI=1S/C11H7BrF2N2O2S/c12-11-9(2-1-5-15-11)16-19(17,18)10-6-7(13)3-4-8(10)14/h1-6,16H. The first-order valence-electron chi connectivity index (χ1n) is 4.98. The van der Waals surface area contributed by atoms with E-state index >= 15 is 0 Å². The van der Waals surface area contributed by atoms with Crippen molar-refractivity contribution in [3.8, 4) is 0 Å². The predicted molar refractivity (Wildman–Crippen MR) is 69.1 cm³/mol. The largest absolute Gasteiger partial charge is 0.277 e. The fourth-order valence-electron chi connectivity index (χ4n) is 1.35. The number of hydrogen-bond donors (Lipinski definition) is 1. The lowest BCUT2D eigenvalue weighted by Crippen LogP contribution is -2.15. The van der Waals surface area contributed by atoms with E-state index in [2.05, 4.69) is 25.6 Å². The molecule has 0 aliphatic heterocycles. The molecule has 0 saturated heterocycles. The van der Waals surface area contributed by atoms with Crippen LogP contribution in [0.3, 0.4) is 0 Å². The summed E-state index contributed by atoms with van der Waals surface area (Å²) in [6.07, 6.45) is 1.45. The summed E-state index contributed by atoms with van der Waals surface area (Å²) in [6, 6.07) is 5.15. The van der Waals surface area contributed by atoms with Crippen molar-refractivity contribution in [3.63, 3.8) is 0 Å². The molecule has 0 unspecified atom stereocenters. The Hall–Kier alpha value is -1.54. The fraction of sp³-hybridized carbons (Fsp3) is 0. The molecule has 0 atom stereocenters. The molecule has 19 heavy (non-hydrogen) atoms.